The maximum absolute atomic E-state index is 12.6. The van der Waals surface area contributed by atoms with Crippen LogP contribution in [0.2, 0.25) is 0 Å². The van der Waals surface area contributed by atoms with Gasteiger partial charge < -0.3 is 5.32 Å². The summed E-state index contributed by atoms with van der Waals surface area (Å²) >= 11 is 0. The van der Waals surface area contributed by atoms with E-state index in [1.165, 1.54) is 30.5 Å². The van der Waals surface area contributed by atoms with Gasteiger partial charge in [0.2, 0.25) is 26.0 Å². The number of rotatable bonds is 5. The van der Waals surface area contributed by atoms with Gasteiger partial charge in [0.1, 0.15) is 0 Å². The van der Waals surface area contributed by atoms with E-state index >= 15 is 0 Å². The highest BCUT2D eigenvalue weighted by Crippen LogP contribution is 2.25. The fourth-order valence-corrected chi connectivity index (χ4v) is 4.64. The molecule has 146 valence electrons. The predicted octanol–water partition coefficient (Wildman–Crippen LogP) is 0.855. The van der Waals surface area contributed by atoms with Crippen molar-refractivity contribution in [2.24, 2.45) is 5.92 Å². The Morgan fingerprint density at radius 2 is 1.88 bits per heavy atom. The minimum absolute atomic E-state index is 0.0878. The summed E-state index contributed by atoms with van der Waals surface area (Å²) < 4.78 is 50.4. The number of piperidine rings is 1. The van der Waals surface area contributed by atoms with Crippen molar-refractivity contribution in [1.29, 1.82) is 0 Å². The predicted molar refractivity (Wildman–Crippen MR) is 99.8 cm³/mol. The Hall–Kier alpha value is -1.49. The SMILES string of the molecule is Cc1ccc(S(=O)(=O)N(C)C)cc1NC(=O)[C@H]1CCCN(S(C)(=O)=O)C1. The van der Waals surface area contributed by atoms with Crippen LogP contribution in [0.1, 0.15) is 18.4 Å². The highest BCUT2D eigenvalue weighted by atomic mass is 32.2. The average Bonchev–Trinajstić information content (AvgIpc) is 2.55. The first-order chi connectivity index (χ1) is 11.9. The molecule has 0 spiro atoms. The largest absolute Gasteiger partial charge is 0.326 e. The van der Waals surface area contributed by atoms with E-state index in [0.717, 1.165) is 16.1 Å². The molecule has 1 amide bonds. The van der Waals surface area contributed by atoms with Gasteiger partial charge in [-0.05, 0) is 37.5 Å². The maximum atomic E-state index is 12.6. The molecule has 1 aromatic carbocycles. The summed E-state index contributed by atoms with van der Waals surface area (Å²) in [4.78, 5) is 12.7. The Morgan fingerprint density at radius 3 is 2.46 bits per heavy atom. The zero-order valence-electron chi connectivity index (χ0n) is 15.4. The number of benzene rings is 1. The number of amides is 1. The lowest BCUT2D eigenvalue weighted by molar-refractivity contribution is -0.120. The molecular formula is C16H25N3O5S2. The zero-order chi connectivity index (χ0) is 19.7. The Labute approximate surface area is 155 Å². The number of carbonyl (C=O) groups is 1. The Bertz CT molecular complexity index is 894. The van der Waals surface area contributed by atoms with E-state index < -0.39 is 26.0 Å². The summed E-state index contributed by atoms with van der Waals surface area (Å²) in [5.74, 6) is -0.771. The third-order valence-corrected chi connectivity index (χ3v) is 7.55. The molecule has 1 aromatic rings. The van der Waals surface area contributed by atoms with Gasteiger partial charge in [0.05, 0.1) is 17.1 Å². The molecule has 0 aromatic heterocycles. The van der Waals surface area contributed by atoms with Crippen molar-refractivity contribution in [3.8, 4) is 0 Å². The summed E-state index contributed by atoms with van der Waals surface area (Å²) in [6.45, 7) is 2.32. The number of hydrogen-bond acceptors (Lipinski definition) is 5. The van der Waals surface area contributed by atoms with E-state index in [0.29, 0.717) is 25.1 Å². The molecule has 0 saturated carbocycles. The molecule has 0 unspecified atom stereocenters. The number of hydrogen-bond donors (Lipinski definition) is 1. The molecule has 1 saturated heterocycles. The zero-order valence-corrected chi connectivity index (χ0v) is 17.0. The van der Waals surface area contributed by atoms with Crippen molar-refractivity contribution in [3.05, 3.63) is 23.8 Å². The Balaban J connectivity index is 2.21. The smallest absolute Gasteiger partial charge is 0.242 e. The number of aryl methyl sites for hydroxylation is 1. The molecule has 0 aliphatic carbocycles. The molecule has 1 heterocycles. The van der Waals surface area contributed by atoms with Crippen molar-refractivity contribution >= 4 is 31.6 Å². The van der Waals surface area contributed by atoms with Gasteiger partial charge >= 0.3 is 0 Å². The molecule has 8 nitrogen and oxygen atoms in total. The van der Waals surface area contributed by atoms with Crippen LogP contribution in [0.15, 0.2) is 23.1 Å². The van der Waals surface area contributed by atoms with Crippen molar-refractivity contribution in [2.75, 3.05) is 38.8 Å². The maximum Gasteiger partial charge on any atom is 0.242 e. The lowest BCUT2D eigenvalue weighted by Crippen LogP contribution is -2.43. The third-order valence-electron chi connectivity index (χ3n) is 4.47. The van der Waals surface area contributed by atoms with Crippen LogP contribution in [-0.4, -0.2) is 64.8 Å². The number of carbonyl (C=O) groups excluding carboxylic acids is 1. The van der Waals surface area contributed by atoms with E-state index in [1.54, 1.807) is 13.0 Å². The average molecular weight is 404 g/mol. The first kappa shape index (κ1) is 20.8. The van der Waals surface area contributed by atoms with Gasteiger partial charge in [-0.25, -0.2) is 25.4 Å². The number of nitrogens with one attached hydrogen (secondary N) is 1. The van der Waals surface area contributed by atoms with E-state index in [9.17, 15) is 21.6 Å². The number of sulfonamides is 2. The topological polar surface area (TPSA) is 104 Å². The lowest BCUT2D eigenvalue weighted by Gasteiger charge is -2.30. The van der Waals surface area contributed by atoms with Gasteiger partial charge in [-0.3, -0.25) is 4.79 Å². The molecule has 1 aliphatic heterocycles. The Morgan fingerprint density at radius 1 is 1.23 bits per heavy atom. The van der Waals surface area contributed by atoms with Gasteiger partial charge in [-0.15, -0.1) is 0 Å². The number of nitrogens with zero attached hydrogens (tertiary/aromatic N) is 2. The summed E-state index contributed by atoms with van der Waals surface area (Å²) in [5.41, 5.74) is 1.14. The van der Waals surface area contributed by atoms with Crippen LogP contribution >= 0.6 is 0 Å². The van der Waals surface area contributed by atoms with Crippen molar-refractivity contribution < 1.29 is 21.6 Å². The van der Waals surface area contributed by atoms with Crippen LogP contribution in [0.5, 0.6) is 0 Å². The van der Waals surface area contributed by atoms with Crippen LogP contribution in [0.25, 0.3) is 0 Å². The normalized spacial score (nSPS) is 19.5. The number of anilines is 1. The fraction of sp³-hybridized carbons (Fsp3) is 0.562. The van der Waals surface area contributed by atoms with Crippen LogP contribution in [0, 0.1) is 12.8 Å². The second-order valence-corrected chi connectivity index (χ2v) is 10.8. The second kappa shape index (κ2) is 7.63. The van der Waals surface area contributed by atoms with Gasteiger partial charge in [-0.1, -0.05) is 6.07 Å². The van der Waals surface area contributed by atoms with Gasteiger partial charge in [0, 0.05) is 32.9 Å². The van der Waals surface area contributed by atoms with Crippen molar-refractivity contribution in [2.45, 2.75) is 24.7 Å². The molecule has 1 fully saturated rings. The molecule has 2 rings (SSSR count). The molecule has 10 heteroatoms. The lowest BCUT2D eigenvalue weighted by atomic mass is 9.98. The third kappa shape index (κ3) is 4.61. The highest BCUT2D eigenvalue weighted by molar-refractivity contribution is 7.89. The first-order valence-electron chi connectivity index (χ1n) is 8.22. The van der Waals surface area contributed by atoms with E-state index in [4.69, 9.17) is 0 Å². The molecule has 1 aliphatic rings. The molecule has 1 N–H and O–H groups in total. The van der Waals surface area contributed by atoms with E-state index in [2.05, 4.69) is 5.32 Å². The summed E-state index contributed by atoms with van der Waals surface area (Å²) in [5, 5.41) is 2.76. The van der Waals surface area contributed by atoms with Gasteiger partial charge in [-0.2, -0.15) is 0 Å². The molecular weight excluding hydrogens is 378 g/mol. The van der Waals surface area contributed by atoms with Crippen LogP contribution < -0.4 is 5.32 Å². The molecule has 26 heavy (non-hydrogen) atoms. The molecule has 0 bridgehead atoms. The minimum Gasteiger partial charge on any atom is -0.326 e. The monoisotopic (exact) mass is 403 g/mol. The van der Waals surface area contributed by atoms with E-state index in [-0.39, 0.29) is 17.3 Å². The van der Waals surface area contributed by atoms with Gasteiger partial charge in [0.25, 0.3) is 0 Å². The second-order valence-electron chi connectivity index (χ2n) is 6.71. The summed E-state index contributed by atoms with van der Waals surface area (Å²) in [6.07, 6.45) is 2.33. The van der Waals surface area contributed by atoms with Crippen LogP contribution in [0.4, 0.5) is 5.69 Å². The quantitative estimate of drug-likeness (QED) is 0.785. The highest BCUT2D eigenvalue weighted by Gasteiger charge is 2.30. The molecule has 1 atom stereocenters. The molecule has 0 radical (unpaired) electrons. The van der Waals surface area contributed by atoms with E-state index in [1.807, 2.05) is 0 Å². The van der Waals surface area contributed by atoms with Crippen molar-refractivity contribution in [1.82, 2.24) is 8.61 Å². The minimum atomic E-state index is -3.61. The first-order valence-corrected chi connectivity index (χ1v) is 11.5. The van der Waals surface area contributed by atoms with Crippen molar-refractivity contribution in [3.63, 3.8) is 0 Å². The van der Waals surface area contributed by atoms with Crippen LogP contribution in [-0.2, 0) is 24.8 Å². The fourth-order valence-electron chi connectivity index (χ4n) is 2.80. The van der Waals surface area contributed by atoms with Crippen LogP contribution in [0.3, 0.4) is 0 Å². The Kier molecular flexibility index (Phi) is 6.11. The standard InChI is InChI=1S/C16H25N3O5S2/c1-12-7-8-14(26(23,24)18(2)3)10-15(12)17-16(20)13-6-5-9-19(11-13)25(4,21)22/h7-8,10,13H,5-6,9,11H2,1-4H3,(H,17,20)/t13-/m0/s1. The summed E-state index contributed by atoms with van der Waals surface area (Å²) in [7, 11) is -4.07. The summed E-state index contributed by atoms with van der Waals surface area (Å²) in [6, 6.07) is 4.56. The van der Waals surface area contributed by atoms with Gasteiger partial charge in [0.15, 0.2) is 0 Å².